The van der Waals surface area contributed by atoms with Gasteiger partial charge in [-0.05, 0) is 87.6 Å². The third-order valence-electron chi connectivity index (χ3n) is 12.2. The lowest BCUT2D eigenvalue weighted by Gasteiger charge is -2.14. The Morgan fingerprint density at radius 2 is 0.810 bits per heavy atom. The molecule has 12 rings (SSSR count). The van der Waals surface area contributed by atoms with Crippen molar-refractivity contribution in [1.82, 2.24) is 19.5 Å². The first-order valence-electron chi connectivity index (χ1n) is 21.3. The average Bonchev–Trinajstić information content (AvgIpc) is 3.71. The Morgan fingerprint density at radius 1 is 0.302 bits per heavy atom. The van der Waals surface area contributed by atoms with Crippen molar-refractivity contribution in [3.63, 3.8) is 0 Å². The number of hydrogen-bond donors (Lipinski definition) is 0. The fourth-order valence-electron chi connectivity index (χ4n) is 9.15. The minimum Gasteiger partial charge on any atom is -0.309 e. The zero-order chi connectivity index (χ0) is 41.7. The number of hydrogen-bond acceptors (Lipinski definition) is 3. The highest BCUT2D eigenvalue weighted by molar-refractivity contribution is 6.14. The number of rotatable bonds is 7. The summed E-state index contributed by atoms with van der Waals surface area (Å²) in [6, 6.07) is 81.5. The van der Waals surface area contributed by atoms with Gasteiger partial charge < -0.3 is 4.57 Å². The van der Waals surface area contributed by atoms with Crippen molar-refractivity contribution in [3.8, 4) is 73.1 Å². The molecule has 294 valence electrons. The third-order valence-corrected chi connectivity index (χ3v) is 12.2. The van der Waals surface area contributed by atoms with Crippen LogP contribution in [0.4, 0.5) is 0 Å². The van der Waals surface area contributed by atoms with Crippen LogP contribution >= 0.6 is 0 Å². The molecular formula is C59H38N4. The summed E-state index contributed by atoms with van der Waals surface area (Å²) in [6.07, 6.45) is 0. The Labute approximate surface area is 365 Å². The minimum atomic E-state index is 0.680. The molecule has 0 aliphatic carbocycles. The van der Waals surface area contributed by atoms with Crippen molar-refractivity contribution in [3.05, 3.63) is 231 Å². The van der Waals surface area contributed by atoms with E-state index < -0.39 is 0 Å². The standard InChI is InChI=1S/C59H38N4/c1-4-15-39(16-5-1)51-37-53(40-17-6-2-7-18-40)60-52-34-30-45-35-44(29-33-48(45)58(51)52)43-21-14-22-46(36-43)59-61-54(41-19-8-3-9-20-41)38-55(62-59)42-27-31-47(32-28-42)63-56-25-12-10-23-49(56)50-24-11-13-26-57(50)63/h1-38H. The van der Waals surface area contributed by atoms with Crippen molar-refractivity contribution in [2.75, 3.05) is 0 Å². The molecule has 0 aliphatic rings. The van der Waals surface area contributed by atoms with E-state index in [1.54, 1.807) is 0 Å². The average molecular weight is 803 g/mol. The third kappa shape index (κ3) is 6.53. The van der Waals surface area contributed by atoms with Gasteiger partial charge in [-0.25, -0.2) is 15.0 Å². The molecule has 4 nitrogen and oxygen atoms in total. The predicted octanol–water partition coefficient (Wildman–Crippen LogP) is 15.3. The normalized spacial score (nSPS) is 11.5. The summed E-state index contributed by atoms with van der Waals surface area (Å²) in [5.41, 5.74) is 15.9. The summed E-state index contributed by atoms with van der Waals surface area (Å²) in [6.45, 7) is 0. The highest BCUT2D eigenvalue weighted by atomic mass is 15.0. The van der Waals surface area contributed by atoms with Gasteiger partial charge in [0, 0.05) is 44.1 Å². The van der Waals surface area contributed by atoms with Crippen LogP contribution in [-0.4, -0.2) is 19.5 Å². The van der Waals surface area contributed by atoms with Gasteiger partial charge in [-0.2, -0.15) is 0 Å². The Morgan fingerprint density at radius 3 is 1.46 bits per heavy atom. The van der Waals surface area contributed by atoms with Gasteiger partial charge in [0.25, 0.3) is 0 Å². The molecule has 3 aromatic heterocycles. The molecule has 0 amide bonds. The molecule has 3 heterocycles. The van der Waals surface area contributed by atoms with Crippen LogP contribution in [-0.2, 0) is 0 Å². The number of benzene rings is 9. The van der Waals surface area contributed by atoms with E-state index in [1.165, 1.54) is 38.3 Å². The second-order valence-corrected chi connectivity index (χ2v) is 16.0. The number of para-hydroxylation sites is 2. The summed E-state index contributed by atoms with van der Waals surface area (Å²) in [7, 11) is 0. The Balaban J connectivity index is 0.942. The van der Waals surface area contributed by atoms with Crippen molar-refractivity contribution >= 4 is 43.5 Å². The van der Waals surface area contributed by atoms with Gasteiger partial charge in [-0.15, -0.1) is 0 Å². The highest BCUT2D eigenvalue weighted by Crippen LogP contribution is 2.39. The van der Waals surface area contributed by atoms with Gasteiger partial charge in [-0.1, -0.05) is 176 Å². The molecule has 0 saturated heterocycles. The zero-order valence-corrected chi connectivity index (χ0v) is 34.2. The van der Waals surface area contributed by atoms with Crippen molar-refractivity contribution in [2.24, 2.45) is 0 Å². The van der Waals surface area contributed by atoms with Crippen LogP contribution < -0.4 is 0 Å². The van der Waals surface area contributed by atoms with Crippen LogP contribution in [0.25, 0.3) is 117 Å². The molecule has 63 heavy (non-hydrogen) atoms. The molecule has 0 bridgehead atoms. The maximum absolute atomic E-state index is 5.25. The van der Waals surface area contributed by atoms with Crippen LogP contribution in [0.3, 0.4) is 0 Å². The van der Waals surface area contributed by atoms with E-state index in [2.05, 4.69) is 223 Å². The minimum absolute atomic E-state index is 0.680. The van der Waals surface area contributed by atoms with Gasteiger partial charge in [-0.3, -0.25) is 0 Å². The Kier molecular flexibility index (Phi) is 8.79. The van der Waals surface area contributed by atoms with Gasteiger partial charge in [0.15, 0.2) is 5.82 Å². The van der Waals surface area contributed by atoms with Crippen LogP contribution in [0.15, 0.2) is 231 Å². The summed E-state index contributed by atoms with van der Waals surface area (Å²) >= 11 is 0. The fraction of sp³-hybridized carbons (Fsp3) is 0. The van der Waals surface area contributed by atoms with E-state index in [0.29, 0.717) is 5.82 Å². The van der Waals surface area contributed by atoms with Gasteiger partial charge in [0.05, 0.1) is 33.6 Å². The Bertz CT molecular complexity index is 3600. The maximum atomic E-state index is 5.25. The molecule has 0 fully saturated rings. The summed E-state index contributed by atoms with van der Waals surface area (Å²) in [5, 5.41) is 5.98. The molecule has 0 atom stereocenters. The molecule has 12 aromatic rings. The first kappa shape index (κ1) is 36.4. The molecule has 0 radical (unpaired) electrons. The van der Waals surface area contributed by atoms with Crippen molar-refractivity contribution < 1.29 is 0 Å². The topological polar surface area (TPSA) is 43.6 Å². The van der Waals surface area contributed by atoms with Gasteiger partial charge in [0.1, 0.15) is 0 Å². The molecular weight excluding hydrogens is 765 g/mol. The molecule has 0 spiro atoms. The summed E-state index contributed by atoms with van der Waals surface area (Å²) in [5.74, 6) is 0.680. The second kappa shape index (κ2) is 15.2. The molecule has 0 N–H and O–H groups in total. The van der Waals surface area contributed by atoms with Crippen LogP contribution in [0, 0.1) is 0 Å². The molecule has 0 unspecified atom stereocenters. The monoisotopic (exact) mass is 802 g/mol. The first-order valence-corrected chi connectivity index (χ1v) is 21.3. The van der Waals surface area contributed by atoms with Crippen LogP contribution in [0.1, 0.15) is 0 Å². The summed E-state index contributed by atoms with van der Waals surface area (Å²) in [4.78, 5) is 15.6. The lowest BCUT2D eigenvalue weighted by Crippen LogP contribution is -1.97. The molecule has 4 heteroatoms. The van der Waals surface area contributed by atoms with Crippen molar-refractivity contribution in [1.29, 1.82) is 0 Å². The van der Waals surface area contributed by atoms with E-state index in [-0.39, 0.29) is 0 Å². The van der Waals surface area contributed by atoms with Gasteiger partial charge >= 0.3 is 0 Å². The van der Waals surface area contributed by atoms with Crippen LogP contribution in [0.5, 0.6) is 0 Å². The largest absolute Gasteiger partial charge is 0.309 e. The lowest BCUT2D eigenvalue weighted by atomic mass is 9.93. The molecule has 0 aliphatic heterocycles. The zero-order valence-electron chi connectivity index (χ0n) is 34.2. The second-order valence-electron chi connectivity index (χ2n) is 16.0. The Hall–Kier alpha value is -8.47. The van der Waals surface area contributed by atoms with E-state index in [4.69, 9.17) is 15.0 Å². The number of aromatic nitrogens is 4. The van der Waals surface area contributed by atoms with Crippen LogP contribution in [0.2, 0.25) is 0 Å². The maximum Gasteiger partial charge on any atom is 0.160 e. The number of fused-ring (bicyclic) bond motifs is 6. The van der Waals surface area contributed by atoms with Crippen molar-refractivity contribution in [2.45, 2.75) is 0 Å². The number of pyridine rings is 1. The molecule has 0 saturated carbocycles. The van der Waals surface area contributed by atoms with E-state index in [1.807, 2.05) is 12.1 Å². The van der Waals surface area contributed by atoms with E-state index in [9.17, 15) is 0 Å². The fourth-order valence-corrected chi connectivity index (χ4v) is 9.15. The SMILES string of the molecule is c1ccc(-c2cc(-c3ccc(-n4c5ccccc5c5ccccc54)cc3)nc(-c3cccc(-c4ccc5c(ccc6nc(-c7ccccc7)cc(-c7ccccc7)c65)c4)c3)n2)cc1. The highest BCUT2D eigenvalue weighted by Gasteiger charge is 2.16. The van der Waals surface area contributed by atoms with E-state index >= 15 is 0 Å². The smallest absolute Gasteiger partial charge is 0.160 e. The van der Waals surface area contributed by atoms with Gasteiger partial charge in [0.2, 0.25) is 0 Å². The first-order chi connectivity index (χ1) is 31.2. The lowest BCUT2D eigenvalue weighted by molar-refractivity contribution is 1.17. The summed E-state index contributed by atoms with van der Waals surface area (Å²) < 4.78 is 2.34. The molecule has 9 aromatic carbocycles. The quantitative estimate of drug-likeness (QED) is 0.151. The predicted molar refractivity (Wildman–Crippen MR) is 262 cm³/mol. The van der Waals surface area contributed by atoms with E-state index in [0.717, 1.165) is 72.4 Å². The number of nitrogens with zero attached hydrogens (tertiary/aromatic N) is 4.